The van der Waals surface area contributed by atoms with Gasteiger partial charge < -0.3 is 0 Å². The third-order valence-electron chi connectivity index (χ3n) is 5.84. The van der Waals surface area contributed by atoms with Gasteiger partial charge in [0, 0.05) is 0 Å². The van der Waals surface area contributed by atoms with Gasteiger partial charge in [-0.3, -0.25) is 0 Å². The van der Waals surface area contributed by atoms with Gasteiger partial charge in [0.2, 0.25) is 0 Å². The van der Waals surface area contributed by atoms with Crippen LogP contribution in [0, 0.1) is 0 Å². The number of unbranched alkanes of at least 4 members (excludes halogenated alkanes) is 9. The van der Waals surface area contributed by atoms with Crippen LogP contribution in [0.2, 0.25) is 0 Å². The Bertz CT molecular complexity index is 747. The maximum atomic E-state index is 13.6. The van der Waals surface area contributed by atoms with Crippen LogP contribution in [0.15, 0.2) is 30.3 Å². The second-order valence-corrected chi connectivity index (χ2v) is 14.1. The molecule has 0 aliphatic heterocycles. The van der Waals surface area contributed by atoms with Crippen LogP contribution in [0.1, 0.15) is 97.0 Å². The number of benzene rings is 1. The molecule has 0 saturated heterocycles. The molecule has 0 spiro atoms. The van der Waals surface area contributed by atoms with Gasteiger partial charge in [-0.25, -0.2) is 0 Å². The van der Waals surface area contributed by atoms with Gasteiger partial charge in [0.05, 0.1) is 0 Å². The average Bonchev–Trinajstić information content (AvgIpc) is 2.83. The van der Waals surface area contributed by atoms with Gasteiger partial charge in [0.1, 0.15) is 0 Å². The Balaban J connectivity index is 2.73. The van der Waals surface area contributed by atoms with Crippen molar-refractivity contribution in [3.05, 3.63) is 35.9 Å². The van der Waals surface area contributed by atoms with Crippen LogP contribution in [0.4, 0.5) is 0 Å². The SMILES string of the molecule is CCCCCCCCCCCCC(C(=O)N[C@@H](Cc1ccccc1)C(=O)O)I(=O)(OCC)OCC. The summed E-state index contributed by atoms with van der Waals surface area (Å²) >= 11 is -4.60. The van der Waals surface area contributed by atoms with E-state index in [4.69, 9.17) is 6.13 Å². The molecule has 0 saturated carbocycles. The van der Waals surface area contributed by atoms with Gasteiger partial charge in [0.15, 0.2) is 0 Å². The first-order valence-corrected chi connectivity index (χ1v) is 17.1. The van der Waals surface area contributed by atoms with Crippen LogP contribution < -0.4 is 5.32 Å². The molecule has 0 bridgehead atoms. The van der Waals surface area contributed by atoms with Gasteiger partial charge >= 0.3 is 210 Å². The van der Waals surface area contributed by atoms with Crippen LogP contribution in [-0.2, 0) is 25.2 Å². The molecule has 1 aromatic carbocycles. The summed E-state index contributed by atoms with van der Waals surface area (Å²) in [7, 11) is 0. The number of carboxylic acids is 1. The number of rotatable bonds is 21. The van der Waals surface area contributed by atoms with Crippen molar-refractivity contribution in [3.63, 3.8) is 0 Å². The number of hydrogen-bond acceptors (Lipinski definition) is 5. The Morgan fingerprint density at radius 1 is 0.857 bits per heavy atom. The summed E-state index contributed by atoms with van der Waals surface area (Å²) in [6.45, 7) is 6.01. The molecule has 0 heterocycles. The molecular formula is C27H46INO6. The number of hydrogen-bond donors (Lipinski definition) is 2. The van der Waals surface area contributed by atoms with E-state index in [1.54, 1.807) is 13.8 Å². The van der Waals surface area contributed by atoms with Crippen molar-refractivity contribution >= 4 is 31.1 Å². The predicted molar refractivity (Wildman–Crippen MR) is 148 cm³/mol. The van der Waals surface area contributed by atoms with Crippen molar-refractivity contribution in [2.75, 3.05) is 13.2 Å². The normalized spacial score (nSPS) is 13.8. The Kier molecular flexibility index (Phi) is 17.0. The fraction of sp³-hybridized carbons (Fsp3) is 0.704. The van der Waals surface area contributed by atoms with E-state index >= 15 is 0 Å². The van der Waals surface area contributed by atoms with Crippen LogP contribution in [0.5, 0.6) is 0 Å². The Morgan fingerprint density at radius 3 is 1.86 bits per heavy atom. The maximum absolute atomic E-state index is 13.6. The van der Waals surface area contributed by atoms with Crippen molar-refractivity contribution < 1.29 is 23.9 Å². The molecule has 2 N–H and O–H groups in total. The third kappa shape index (κ3) is 12.9. The first-order valence-electron chi connectivity index (χ1n) is 13.2. The minimum absolute atomic E-state index is 0.147. The molecule has 202 valence electrons. The van der Waals surface area contributed by atoms with Crippen LogP contribution in [-0.4, -0.2) is 40.2 Å². The van der Waals surface area contributed by atoms with Crippen LogP contribution >= 0.6 is 19.3 Å². The zero-order valence-corrected chi connectivity index (χ0v) is 24.0. The number of nitrogens with one attached hydrogen (secondary N) is 1. The van der Waals surface area contributed by atoms with Crippen LogP contribution in [0.3, 0.4) is 0 Å². The molecule has 0 aliphatic rings. The number of carbonyl (C=O) groups is 2. The first kappa shape index (κ1) is 31.6. The van der Waals surface area contributed by atoms with E-state index in [2.05, 4.69) is 12.2 Å². The quantitative estimate of drug-likeness (QED) is 0.0909. The molecular weight excluding hydrogens is 561 g/mol. The fourth-order valence-corrected chi connectivity index (χ4v) is 8.86. The Morgan fingerprint density at radius 2 is 1.37 bits per heavy atom. The second kappa shape index (κ2) is 18.8. The van der Waals surface area contributed by atoms with Crippen molar-refractivity contribution in [1.29, 1.82) is 0 Å². The molecule has 1 unspecified atom stereocenters. The number of carboxylic acid groups (broad SMARTS) is 1. The average molecular weight is 608 g/mol. The first-order chi connectivity index (χ1) is 16.9. The summed E-state index contributed by atoms with van der Waals surface area (Å²) in [5.74, 6) is -1.69. The molecule has 1 rings (SSSR count). The fourth-order valence-electron chi connectivity index (χ4n) is 4.00. The monoisotopic (exact) mass is 607 g/mol. The van der Waals surface area contributed by atoms with Gasteiger partial charge in [-0.1, -0.05) is 6.92 Å². The standard InChI is InChI=1S/C27H46INO6/c1-4-7-8-9-10-11-12-13-14-18-21-24(28(33,34-5-2)35-6-3)26(30)29-25(27(31)32)22-23-19-16-15-17-20-23/h15-17,19-20,24-25H,4-14,18,21-22H2,1-3H3,(H,29,30)(H,31,32)/t24?,25-/m0/s1. The minimum atomic E-state index is -4.60. The van der Waals surface area contributed by atoms with Gasteiger partial charge in [0.25, 0.3) is 0 Å². The summed E-state index contributed by atoms with van der Waals surface area (Å²) in [5, 5.41) is 12.3. The van der Waals surface area contributed by atoms with Crippen molar-refractivity contribution in [2.45, 2.75) is 108 Å². The van der Waals surface area contributed by atoms with Crippen molar-refractivity contribution in [1.82, 2.24) is 5.32 Å². The molecule has 0 radical (unpaired) electrons. The molecule has 0 fully saturated rings. The molecule has 1 aromatic rings. The predicted octanol–water partition coefficient (Wildman–Crippen LogP) is 6.77. The number of aliphatic carboxylic acids is 1. The van der Waals surface area contributed by atoms with E-state index in [1.165, 1.54) is 38.5 Å². The molecule has 0 aliphatic carbocycles. The van der Waals surface area contributed by atoms with Crippen LogP contribution in [0.25, 0.3) is 0 Å². The molecule has 1 amide bonds. The summed E-state index contributed by atoms with van der Waals surface area (Å²) in [6, 6.07) is 8.02. The van der Waals surface area contributed by atoms with E-state index in [0.717, 1.165) is 31.2 Å². The topological polar surface area (TPSA) is 102 Å². The number of amides is 1. The number of alkyl halides is 1. The Labute approximate surface area is 216 Å². The summed E-state index contributed by atoms with van der Waals surface area (Å²) < 4.78 is 23.7. The molecule has 8 heteroatoms. The van der Waals surface area contributed by atoms with E-state index in [-0.39, 0.29) is 19.6 Å². The summed E-state index contributed by atoms with van der Waals surface area (Å²) in [5.41, 5.74) is 0.801. The van der Waals surface area contributed by atoms with Gasteiger partial charge in [-0.05, 0) is 0 Å². The van der Waals surface area contributed by atoms with E-state index in [9.17, 15) is 17.8 Å². The second-order valence-electron chi connectivity index (χ2n) is 8.78. The van der Waals surface area contributed by atoms with E-state index < -0.39 is 41.1 Å². The zero-order valence-electron chi connectivity index (χ0n) is 21.8. The molecule has 0 aromatic heterocycles. The van der Waals surface area contributed by atoms with Crippen molar-refractivity contribution in [3.8, 4) is 0 Å². The third-order valence-corrected chi connectivity index (χ3v) is 11.8. The van der Waals surface area contributed by atoms with Gasteiger partial charge in [-0.2, -0.15) is 0 Å². The van der Waals surface area contributed by atoms with Gasteiger partial charge in [-0.15, -0.1) is 0 Å². The molecule has 7 nitrogen and oxygen atoms in total. The number of carbonyl (C=O) groups excluding carboxylic acids is 1. The number of halogens is 1. The Hall–Kier alpha value is -1.39. The van der Waals surface area contributed by atoms with E-state index in [0.29, 0.717) is 6.42 Å². The molecule has 2 atom stereocenters. The van der Waals surface area contributed by atoms with Crippen molar-refractivity contribution in [2.24, 2.45) is 0 Å². The summed E-state index contributed by atoms with van der Waals surface area (Å²) in [4.78, 5) is 25.1. The zero-order chi connectivity index (χ0) is 25.9. The van der Waals surface area contributed by atoms with E-state index in [1.807, 2.05) is 30.3 Å². The summed E-state index contributed by atoms with van der Waals surface area (Å²) in [6.07, 6.45) is 12.0. The molecule has 35 heavy (non-hydrogen) atoms.